The average molecular weight is 269 g/mol. The normalized spacial score (nSPS) is 10.7. The Labute approximate surface area is 119 Å². The van der Waals surface area contributed by atoms with Gasteiger partial charge in [0.25, 0.3) is 0 Å². The van der Waals surface area contributed by atoms with E-state index >= 15 is 0 Å². The van der Waals surface area contributed by atoms with Gasteiger partial charge < -0.3 is 9.57 Å². The molecule has 0 aromatic heterocycles. The van der Waals surface area contributed by atoms with E-state index < -0.39 is 0 Å². The fraction of sp³-hybridized carbons (Fsp3) is 0.235. The van der Waals surface area contributed by atoms with Gasteiger partial charge in [-0.3, -0.25) is 0 Å². The van der Waals surface area contributed by atoms with Gasteiger partial charge in [-0.1, -0.05) is 54.5 Å². The molecule has 3 nitrogen and oxygen atoms in total. The minimum absolute atomic E-state index is 0.397. The molecule has 20 heavy (non-hydrogen) atoms. The third-order valence-corrected chi connectivity index (χ3v) is 3.05. The number of hydrogen-bond acceptors (Lipinski definition) is 3. The Kier molecular flexibility index (Phi) is 5.18. The van der Waals surface area contributed by atoms with Crippen LogP contribution in [-0.4, -0.2) is 13.3 Å². The van der Waals surface area contributed by atoms with Crippen molar-refractivity contribution in [2.75, 3.05) is 7.11 Å². The lowest BCUT2D eigenvalue weighted by molar-refractivity contribution is 0.130. The predicted octanol–water partition coefficient (Wildman–Crippen LogP) is 3.81. The van der Waals surface area contributed by atoms with E-state index in [0.29, 0.717) is 6.61 Å². The molecule has 3 heteroatoms. The van der Waals surface area contributed by atoms with E-state index in [9.17, 15) is 0 Å². The standard InChI is InChI=1S/C17H19NO2/c1-3-14-7-6-8-15(11-14)12-18-20-13-16-9-4-5-10-17(16)19-2/h4-12H,3,13H2,1-2H3. The molecule has 0 radical (unpaired) electrons. The van der Waals surface area contributed by atoms with Gasteiger partial charge in [-0.25, -0.2) is 0 Å². The Morgan fingerprint density at radius 3 is 2.75 bits per heavy atom. The molecule has 2 rings (SSSR count). The zero-order valence-corrected chi connectivity index (χ0v) is 11.9. The first kappa shape index (κ1) is 14.1. The van der Waals surface area contributed by atoms with Crippen molar-refractivity contribution in [1.29, 1.82) is 0 Å². The highest BCUT2D eigenvalue weighted by atomic mass is 16.6. The molecule has 0 aliphatic carbocycles. The Bertz CT molecular complexity index is 579. The second-order valence-electron chi connectivity index (χ2n) is 4.42. The third kappa shape index (κ3) is 3.85. The van der Waals surface area contributed by atoms with Crippen molar-refractivity contribution >= 4 is 6.21 Å². The number of oxime groups is 1. The van der Waals surface area contributed by atoms with Crippen molar-refractivity contribution in [2.24, 2.45) is 5.16 Å². The molecule has 0 atom stereocenters. The van der Waals surface area contributed by atoms with Crippen LogP contribution in [0.2, 0.25) is 0 Å². The van der Waals surface area contributed by atoms with Gasteiger partial charge in [0.2, 0.25) is 0 Å². The molecule has 0 aliphatic heterocycles. The van der Waals surface area contributed by atoms with Crippen LogP contribution < -0.4 is 4.74 Å². The molecular formula is C17H19NO2. The molecule has 0 saturated heterocycles. The highest BCUT2D eigenvalue weighted by Gasteiger charge is 2.00. The topological polar surface area (TPSA) is 30.8 Å². The van der Waals surface area contributed by atoms with Gasteiger partial charge >= 0.3 is 0 Å². The van der Waals surface area contributed by atoms with Gasteiger partial charge in [0.15, 0.2) is 0 Å². The fourth-order valence-electron chi connectivity index (χ4n) is 1.92. The molecule has 0 amide bonds. The first-order valence-corrected chi connectivity index (χ1v) is 6.69. The van der Waals surface area contributed by atoms with Crippen LogP contribution in [0.25, 0.3) is 0 Å². The first-order valence-electron chi connectivity index (χ1n) is 6.69. The maximum atomic E-state index is 5.33. The lowest BCUT2D eigenvalue weighted by Crippen LogP contribution is -1.93. The maximum absolute atomic E-state index is 5.33. The third-order valence-electron chi connectivity index (χ3n) is 3.05. The van der Waals surface area contributed by atoms with E-state index in [0.717, 1.165) is 23.3 Å². The summed E-state index contributed by atoms with van der Waals surface area (Å²) in [7, 11) is 1.65. The van der Waals surface area contributed by atoms with Gasteiger partial charge in [-0.05, 0) is 23.6 Å². The van der Waals surface area contributed by atoms with Crippen LogP contribution in [0.5, 0.6) is 5.75 Å². The minimum Gasteiger partial charge on any atom is -0.496 e. The summed E-state index contributed by atoms with van der Waals surface area (Å²) in [4.78, 5) is 5.33. The van der Waals surface area contributed by atoms with Gasteiger partial charge in [0.1, 0.15) is 12.4 Å². The molecule has 0 N–H and O–H groups in total. The molecule has 2 aromatic carbocycles. The molecule has 0 unspecified atom stereocenters. The van der Waals surface area contributed by atoms with Crippen molar-refractivity contribution in [3.05, 3.63) is 65.2 Å². The van der Waals surface area contributed by atoms with E-state index in [1.165, 1.54) is 5.56 Å². The van der Waals surface area contributed by atoms with Crippen LogP contribution in [0.3, 0.4) is 0 Å². The highest BCUT2D eigenvalue weighted by molar-refractivity contribution is 5.79. The number of rotatable bonds is 6. The smallest absolute Gasteiger partial charge is 0.145 e. The molecule has 0 saturated carbocycles. The number of ether oxygens (including phenoxy) is 1. The molecule has 104 valence electrons. The summed E-state index contributed by atoms with van der Waals surface area (Å²) in [6, 6.07) is 16.0. The maximum Gasteiger partial charge on any atom is 0.145 e. The number of hydrogen-bond donors (Lipinski definition) is 0. The van der Waals surface area contributed by atoms with E-state index in [1.807, 2.05) is 36.4 Å². The van der Waals surface area contributed by atoms with Crippen LogP contribution in [0.4, 0.5) is 0 Å². The summed E-state index contributed by atoms with van der Waals surface area (Å²) in [5.41, 5.74) is 3.32. The molecular weight excluding hydrogens is 250 g/mol. The lowest BCUT2D eigenvalue weighted by Gasteiger charge is -2.06. The number of methoxy groups -OCH3 is 1. The Balaban J connectivity index is 1.93. The Morgan fingerprint density at radius 1 is 1.10 bits per heavy atom. The van der Waals surface area contributed by atoms with Crippen molar-refractivity contribution in [3.63, 3.8) is 0 Å². The Hall–Kier alpha value is -2.29. The molecule has 0 spiro atoms. The Morgan fingerprint density at radius 2 is 1.95 bits per heavy atom. The molecule has 0 fully saturated rings. The second kappa shape index (κ2) is 7.34. The van der Waals surface area contributed by atoms with Gasteiger partial charge in [0.05, 0.1) is 13.3 Å². The van der Waals surface area contributed by atoms with Crippen molar-refractivity contribution < 1.29 is 9.57 Å². The van der Waals surface area contributed by atoms with E-state index in [1.54, 1.807) is 13.3 Å². The zero-order valence-electron chi connectivity index (χ0n) is 11.9. The number of aryl methyl sites for hydroxylation is 1. The van der Waals surface area contributed by atoms with Crippen LogP contribution in [0, 0.1) is 0 Å². The summed E-state index contributed by atoms with van der Waals surface area (Å²) in [6.45, 7) is 2.53. The zero-order chi connectivity index (χ0) is 14.2. The first-order chi connectivity index (χ1) is 9.83. The van der Waals surface area contributed by atoms with Crippen LogP contribution in [0.1, 0.15) is 23.6 Å². The fourth-order valence-corrected chi connectivity index (χ4v) is 1.92. The minimum atomic E-state index is 0.397. The van der Waals surface area contributed by atoms with Gasteiger partial charge in [-0.15, -0.1) is 0 Å². The molecule has 0 heterocycles. The monoisotopic (exact) mass is 269 g/mol. The summed E-state index contributed by atoms with van der Waals surface area (Å²) < 4.78 is 5.26. The van der Waals surface area contributed by atoms with E-state index in [2.05, 4.69) is 24.2 Å². The SMILES string of the molecule is CCc1cccc(C=NOCc2ccccc2OC)c1. The molecule has 0 aliphatic rings. The van der Waals surface area contributed by atoms with Gasteiger partial charge in [0, 0.05) is 5.56 Å². The van der Waals surface area contributed by atoms with Crippen LogP contribution in [0.15, 0.2) is 53.7 Å². The van der Waals surface area contributed by atoms with Crippen LogP contribution >= 0.6 is 0 Å². The van der Waals surface area contributed by atoms with Gasteiger partial charge in [-0.2, -0.15) is 0 Å². The highest BCUT2D eigenvalue weighted by Crippen LogP contribution is 2.17. The quantitative estimate of drug-likeness (QED) is 0.590. The van der Waals surface area contributed by atoms with E-state index in [-0.39, 0.29) is 0 Å². The second-order valence-corrected chi connectivity index (χ2v) is 4.42. The van der Waals surface area contributed by atoms with Crippen molar-refractivity contribution in [3.8, 4) is 5.75 Å². The summed E-state index contributed by atoms with van der Waals surface area (Å²) in [6.07, 6.45) is 2.75. The van der Waals surface area contributed by atoms with Crippen LogP contribution in [-0.2, 0) is 17.9 Å². The number of benzene rings is 2. The predicted molar refractivity (Wildman–Crippen MR) is 81.2 cm³/mol. The van der Waals surface area contributed by atoms with E-state index in [4.69, 9.17) is 9.57 Å². The van der Waals surface area contributed by atoms with Crippen molar-refractivity contribution in [1.82, 2.24) is 0 Å². The summed E-state index contributed by atoms with van der Waals surface area (Å²) in [5.74, 6) is 0.815. The average Bonchev–Trinajstić information content (AvgIpc) is 2.52. The largest absolute Gasteiger partial charge is 0.496 e. The van der Waals surface area contributed by atoms with Crippen molar-refractivity contribution in [2.45, 2.75) is 20.0 Å². The number of nitrogens with zero attached hydrogens (tertiary/aromatic N) is 1. The summed E-state index contributed by atoms with van der Waals surface area (Å²) >= 11 is 0. The molecule has 0 bridgehead atoms. The lowest BCUT2D eigenvalue weighted by atomic mass is 10.1. The number of para-hydroxylation sites is 1. The summed E-state index contributed by atoms with van der Waals surface area (Å²) in [5, 5.41) is 4.01. The molecule has 2 aromatic rings.